The molecule has 6 nitrogen and oxygen atoms in total. The van der Waals surface area contributed by atoms with Gasteiger partial charge in [0.25, 0.3) is 0 Å². The van der Waals surface area contributed by atoms with Crippen LogP contribution in [0.4, 0.5) is 0 Å². The third-order valence-electron chi connectivity index (χ3n) is 10.1. The smallest absolute Gasteiger partial charge is 0.306 e. The minimum Gasteiger partial charge on any atom is -0.462 e. The van der Waals surface area contributed by atoms with E-state index < -0.39 is 18.2 Å². The summed E-state index contributed by atoms with van der Waals surface area (Å²) in [6.07, 6.45) is 56.4. The lowest BCUT2D eigenvalue weighted by atomic mass is 10.0. The van der Waals surface area contributed by atoms with Crippen molar-refractivity contribution >= 4 is 11.9 Å². The van der Waals surface area contributed by atoms with Crippen molar-refractivity contribution < 1.29 is 24.5 Å². The first kappa shape index (κ1) is 54.0. The molecule has 326 valence electrons. The van der Waals surface area contributed by atoms with E-state index in [0.717, 1.165) is 70.6 Å². The number of aliphatic hydroxyl groups is 2. The third kappa shape index (κ3) is 39.6. The van der Waals surface area contributed by atoms with E-state index in [2.05, 4.69) is 50.4 Å². The minimum absolute atomic E-state index is 0.0192. The molecule has 6 heteroatoms. The first-order valence-corrected chi connectivity index (χ1v) is 23.4. The van der Waals surface area contributed by atoms with Gasteiger partial charge in [0.15, 0.2) is 0 Å². The second-order valence-electron chi connectivity index (χ2n) is 15.6. The summed E-state index contributed by atoms with van der Waals surface area (Å²) in [5.41, 5.74) is 0. The van der Waals surface area contributed by atoms with Gasteiger partial charge in [-0.15, -0.1) is 0 Å². The van der Waals surface area contributed by atoms with Gasteiger partial charge >= 0.3 is 5.97 Å². The number of unbranched alkanes of at least 4 members (excludes halogenated alkanes) is 19. The third-order valence-corrected chi connectivity index (χ3v) is 10.1. The molecule has 0 fully saturated rings. The Balaban J connectivity index is 4.78. The lowest BCUT2D eigenvalue weighted by Gasteiger charge is -2.24. The fourth-order valence-electron chi connectivity index (χ4n) is 6.56. The molecule has 0 saturated carbocycles. The Morgan fingerprint density at radius 2 is 1.00 bits per heavy atom. The predicted molar refractivity (Wildman–Crippen MR) is 245 cm³/mol. The number of nitrogens with one attached hydrogen (secondary N) is 1. The van der Waals surface area contributed by atoms with E-state index in [-0.39, 0.29) is 24.9 Å². The first-order valence-electron chi connectivity index (χ1n) is 23.4. The largest absolute Gasteiger partial charge is 0.462 e. The van der Waals surface area contributed by atoms with Gasteiger partial charge in [0, 0.05) is 6.42 Å². The van der Waals surface area contributed by atoms with Crippen LogP contribution in [0, 0.1) is 0 Å². The highest BCUT2D eigenvalue weighted by atomic mass is 16.5. The van der Waals surface area contributed by atoms with Gasteiger partial charge in [-0.25, -0.2) is 0 Å². The van der Waals surface area contributed by atoms with Gasteiger partial charge in [0.1, 0.15) is 6.10 Å². The molecule has 0 aromatic carbocycles. The number of hydrogen-bond donors (Lipinski definition) is 3. The summed E-state index contributed by atoms with van der Waals surface area (Å²) in [5.74, 6) is -0.568. The summed E-state index contributed by atoms with van der Waals surface area (Å²) in [5, 5.41) is 23.6. The Bertz CT molecular complexity index is 1120. The molecular weight excluding hydrogens is 707 g/mol. The van der Waals surface area contributed by atoms with E-state index in [1.165, 1.54) is 83.5 Å². The highest BCUT2D eigenvalue weighted by Gasteiger charge is 2.24. The van der Waals surface area contributed by atoms with Gasteiger partial charge in [-0.1, -0.05) is 215 Å². The minimum atomic E-state index is -0.811. The topological polar surface area (TPSA) is 95.9 Å². The van der Waals surface area contributed by atoms with E-state index in [1.807, 2.05) is 60.8 Å². The normalized spacial score (nSPS) is 14.1. The molecule has 0 aliphatic heterocycles. The molecular formula is C51H87NO5. The van der Waals surface area contributed by atoms with E-state index in [9.17, 15) is 19.8 Å². The van der Waals surface area contributed by atoms with Gasteiger partial charge in [0.2, 0.25) is 5.91 Å². The number of rotatable bonds is 40. The second-order valence-corrected chi connectivity index (χ2v) is 15.6. The number of carbonyl (C=O) groups excluding carboxylic acids is 2. The van der Waals surface area contributed by atoms with Crippen LogP contribution in [-0.4, -0.2) is 46.9 Å². The summed E-state index contributed by atoms with van der Waals surface area (Å²) in [4.78, 5) is 26.0. The van der Waals surface area contributed by atoms with Crippen molar-refractivity contribution in [3.8, 4) is 0 Å². The van der Waals surface area contributed by atoms with Crippen LogP contribution in [0.15, 0.2) is 85.1 Å². The Kier molecular flexibility index (Phi) is 41.9. The summed E-state index contributed by atoms with van der Waals surface area (Å²) >= 11 is 0. The van der Waals surface area contributed by atoms with Crippen molar-refractivity contribution in [1.29, 1.82) is 0 Å². The molecule has 3 unspecified atom stereocenters. The summed E-state index contributed by atoms with van der Waals surface area (Å²) in [6.45, 7) is 6.25. The van der Waals surface area contributed by atoms with E-state index in [0.29, 0.717) is 19.3 Å². The number of carbonyl (C=O) groups is 2. The van der Waals surface area contributed by atoms with Crippen LogP contribution < -0.4 is 5.32 Å². The van der Waals surface area contributed by atoms with Crippen LogP contribution in [0.5, 0.6) is 0 Å². The van der Waals surface area contributed by atoms with E-state index in [4.69, 9.17) is 4.74 Å². The van der Waals surface area contributed by atoms with Crippen molar-refractivity contribution in [3.05, 3.63) is 85.1 Å². The highest BCUT2D eigenvalue weighted by Crippen LogP contribution is 2.16. The number of esters is 1. The molecule has 0 aromatic heterocycles. The lowest BCUT2D eigenvalue weighted by molar-refractivity contribution is -0.151. The van der Waals surface area contributed by atoms with Crippen LogP contribution in [0.25, 0.3) is 0 Å². The van der Waals surface area contributed by atoms with E-state index >= 15 is 0 Å². The Labute approximate surface area is 351 Å². The number of hydrogen-bond acceptors (Lipinski definition) is 5. The van der Waals surface area contributed by atoms with Gasteiger partial charge < -0.3 is 20.3 Å². The van der Waals surface area contributed by atoms with Gasteiger partial charge in [-0.2, -0.15) is 0 Å². The Morgan fingerprint density at radius 3 is 1.56 bits per heavy atom. The number of amides is 1. The molecule has 0 radical (unpaired) electrons. The molecule has 57 heavy (non-hydrogen) atoms. The molecule has 3 atom stereocenters. The zero-order valence-electron chi connectivity index (χ0n) is 36.9. The quantitative estimate of drug-likeness (QED) is 0.0248. The molecule has 0 aliphatic rings. The summed E-state index contributed by atoms with van der Waals surface area (Å²) < 4.78 is 5.86. The first-order chi connectivity index (χ1) is 28.0. The Morgan fingerprint density at radius 1 is 0.526 bits per heavy atom. The van der Waals surface area contributed by atoms with Crippen LogP contribution in [0.3, 0.4) is 0 Å². The van der Waals surface area contributed by atoms with Crippen LogP contribution in [0.2, 0.25) is 0 Å². The average Bonchev–Trinajstić information content (AvgIpc) is 3.20. The molecule has 0 aliphatic carbocycles. The molecule has 0 bridgehead atoms. The van der Waals surface area contributed by atoms with Crippen LogP contribution >= 0.6 is 0 Å². The fraction of sp³-hybridized carbons (Fsp3) is 0.686. The molecule has 0 aromatic rings. The number of aliphatic hydroxyl groups excluding tert-OH is 2. The van der Waals surface area contributed by atoms with Crippen molar-refractivity contribution in [2.45, 2.75) is 219 Å². The molecule has 0 spiro atoms. The summed E-state index contributed by atoms with van der Waals surface area (Å²) in [7, 11) is 0. The zero-order chi connectivity index (χ0) is 41.7. The van der Waals surface area contributed by atoms with Crippen molar-refractivity contribution in [2.24, 2.45) is 0 Å². The van der Waals surface area contributed by atoms with Gasteiger partial charge in [0.05, 0.1) is 25.2 Å². The molecule has 1 amide bonds. The second kappa shape index (κ2) is 44.1. The average molecular weight is 794 g/mol. The van der Waals surface area contributed by atoms with Crippen molar-refractivity contribution in [3.63, 3.8) is 0 Å². The lowest BCUT2D eigenvalue weighted by Crippen LogP contribution is -2.46. The molecule has 0 heterocycles. The van der Waals surface area contributed by atoms with Gasteiger partial charge in [-0.3, -0.25) is 9.59 Å². The van der Waals surface area contributed by atoms with Crippen molar-refractivity contribution in [2.75, 3.05) is 6.61 Å². The standard InChI is InChI=1S/C51H87NO5/c1-4-7-10-13-16-19-22-24-25-26-28-30-33-36-39-42-47(57-51(56)44-41-38-35-32-27-21-18-15-12-9-6-3)45-50(55)52-48(46-53)49(54)43-40-37-34-31-29-23-20-17-14-11-8-5-2/h7,10,13,15-16,18-19,22,24-26,28,30,33,47-49,53-54H,4-6,8-9,11-12,14,17,20-21,23,27,29,31-32,34-46H2,1-3H3,(H,52,55)/b10-7-,16-13+,18-15-,22-19+,25-24-,28-26+,33-30+. The van der Waals surface area contributed by atoms with Crippen LogP contribution in [-0.2, 0) is 14.3 Å². The number of allylic oxidation sites excluding steroid dienone is 14. The van der Waals surface area contributed by atoms with Crippen LogP contribution in [0.1, 0.15) is 201 Å². The van der Waals surface area contributed by atoms with Gasteiger partial charge in [-0.05, 0) is 57.8 Å². The highest BCUT2D eigenvalue weighted by molar-refractivity contribution is 5.77. The molecule has 0 rings (SSSR count). The maximum absolute atomic E-state index is 13.1. The molecule has 0 saturated heterocycles. The maximum Gasteiger partial charge on any atom is 0.306 e. The van der Waals surface area contributed by atoms with E-state index in [1.54, 1.807) is 0 Å². The summed E-state index contributed by atoms with van der Waals surface area (Å²) in [6, 6.07) is -0.730. The zero-order valence-corrected chi connectivity index (χ0v) is 36.9. The number of ether oxygens (including phenoxy) is 1. The Hall–Kier alpha value is -2.96. The molecule has 3 N–H and O–H groups in total. The monoisotopic (exact) mass is 794 g/mol. The maximum atomic E-state index is 13.1. The fourth-order valence-corrected chi connectivity index (χ4v) is 6.56. The van der Waals surface area contributed by atoms with Crippen molar-refractivity contribution in [1.82, 2.24) is 5.32 Å². The predicted octanol–water partition coefficient (Wildman–Crippen LogP) is 13.6. The SMILES string of the molecule is CC\C=C/C=C/C=C/C=C\C=C\C=C\CCCC(CC(=O)NC(CO)C(O)CCCCCCCCCCCCCC)OC(=O)CCCCCCC/C=C\CCCC.